The van der Waals surface area contributed by atoms with Crippen LogP contribution < -0.4 is 5.73 Å². The summed E-state index contributed by atoms with van der Waals surface area (Å²) in [7, 11) is -1.18. The van der Waals surface area contributed by atoms with Crippen LogP contribution in [0.2, 0.25) is 0 Å². The summed E-state index contributed by atoms with van der Waals surface area (Å²) in [4.78, 5) is 2.72. The van der Waals surface area contributed by atoms with E-state index >= 15 is 0 Å². The van der Waals surface area contributed by atoms with Crippen molar-refractivity contribution in [2.45, 2.75) is 56.1 Å². The maximum Gasteiger partial charge on any atom is 0.178 e. The Morgan fingerprint density at radius 1 is 1.20 bits per heavy atom. The van der Waals surface area contributed by atoms with E-state index in [4.69, 9.17) is 5.73 Å². The highest BCUT2D eigenvalue weighted by molar-refractivity contribution is 9.10. The van der Waals surface area contributed by atoms with E-state index in [1.165, 1.54) is 0 Å². The van der Waals surface area contributed by atoms with Gasteiger partial charge in [-0.15, -0.1) is 34.0 Å². The van der Waals surface area contributed by atoms with Crippen molar-refractivity contribution in [2.75, 3.05) is 12.8 Å². The third-order valence-electron chi connectivity index (χ3n) is 5.01. The smallest absolute Gasteiger partial charge is 0.178 e. The minimum absolute atomic E-state index is 0. The standard InChI is InChI=1S/C17H27BrN2O2S.2BrH/c1-12(2)20(3)15-6-9-17(19)13(10-15)11-23(21,22)16-7-4-14(18)5-8-16;;/h4-5,7-8,12-13,15,17H,6,9-11,19H2,1-3H3;2*1H/t13-,15+,17-;;/m0../s1. The van der Waals surface area contributed by atoms with Crippen molar-refractivity contribution in [2.24, 2.45) is 11.7 Å². The highest BCUT2D eigenvalue weighted by atomic mass is 79.9. The van der Waals surface area contributed by atoms with Gasteiger partial charge in [0.15, 0.2) is 9.84 Å². The van der Waals surface area contributed by atoms with E-state index in [1.807, 2.05) is 0 Å². The molecule has 4 nitrogen and oxygen atoms in total. The molecule has 0 bridgehead atoms. The summed E-state index contributed by atoms with van der Waals surface area (Å²) in [6, 6.07) is 7.69. The topological polar surface area (TPSA) is 63.4 Å². The molecule has 0 spiro atoms. The number of rotatable bonds is 5. The Morgan fingerprint density at radius 2 is 1.76 bits per heavy atom. The Balaban J connectivity index is 0.00000288. The molecule has 0 amide bonds. The summed E-state index contributed by atoms with van der Waals surface area (Å²) >= 11 is 3.34. The normalized spacial score (nSPS) is 23.9. The van der Waals surface area contributed by atoms with Crippen molar-refractivity contribution in [3.05, 3.63) is 28.7 Å². The Morgan fingerprint density at radius 3 is 2.28 bits per heavy atom. The predicted molar refractivity (Wildman–Crippen MR) is 119 cm³/mol. The quantitative estimate of drug-likeness (QED) is 0.582. The van der Waals surface area contributed by atoms with Crippen LogP contribution in [0, 0.1) is 5.92 Å². The second-order valence-corrected chi connectivity index (χ2v) is 9.84. The van der Waals surface area contributed by atoms with Crippen LogP contribution in [0.15, 0.2) is 33.6 Å². The molecule has 2 rings (SSSR count). The largest absolute Gasteiger partial charge is 0.327 e. The molecular weight excluding hydrogens is 536 g/mol. The fraction of sp³-hybridized carbons (Fsp3) is 0.647. The molecule has 1 aromatic carbocycles. The highest BCUT2D eigenvalue weighted by Crippen LogP contribution is 2.30. The van der Waals surface area contributed by atoms with Gasteiger partial charge >= 0.3 is 0 Å². The third kappa shape index (κ3) is 6.88. The van der Waals surface area contributed by atoms with Gasteiger partial charge in [-0.25, -0.2) is 8.42 Å². The van der Waals surface area contributed by atoms with E-state index in [-0.39, 0.29) is 51.7 Å². The van der Waals surface area contributed by atoms with E-state index in [0.29, 0.717) is 17.0 Å². The van der Waals surface area contributed by atoms with Gasteiger partial charge in [0.05, 0.1) is 10.6 Å². The monoisotopic (exact) mass is 562 g/mol. The van der Waals surface area contributed by atoms with E-state index in [9.17, 15) is 8.42 Å². The zero-order chi connectivity index (χ0) is 17.2. The molecule has 0 aromatic heterocycles. The number of hydrogen-bond acceptors (Lipinski definition) is 4. The molecule has 0 saturated heterocycles. The average molecular weight is 565 g/mol. The van der Waals surface area contributed by atoms with Gasteiger partial charge in [0.25, 0.3) is 0 Å². The minimum Gasteiger partial charge on any atom is -0.327 e. The van der Waals surface area contributed by atoms with Crippen LogP contribution in [0.4, 0.5) is 0 Å². The zero-order valence-corrected chi connectivity index (χ0v) is 20.7. The molecular formula is C17H29Br3N2O2S. The van der Waals surface area contributed by atoms with Gasteiger partial charge in [0.2, 0.25) is 0 Å². The number of benzene rings is 1. The van der Waals surface area contributed by atoms with Crippen molar-refractivity contribution in [3.63, 3.8) is 0 Å². The lowest BCUT2D eigenvalue weighted by molar-refractivity contribution is 0.124. The molecule has 1 aliphatic rings. The first-order valence-electron chi connectivity index (χ1n) is 8.16. The lowest BCUT2D eigenvalue weighted by Gasteiger charge is -2.40. The zero-order valence-electron chi connectivity index (χ0n) is 14.9. The Hall–Kier alpha value is 0.530. The van der Waals surface area contributed by atoms with E-state index < -0.39 is 9.84 Å². The van der Waals surface area contributed by atoms with Crippen LogP contribution in [0.25, 0.3) is 0 Å². The van der Waals surface area contributed by atoms with Gasteiger partial charge in [0.1, 0.15) is 0 Å². The maximum atomic E-state index is 12.7. The second-order valence-electron chi connectivity index (χ2n) is 6.89. The molecule has 25 heavy (non-hydrogen) atoms. The first kappa shape index (κ1) is 25.5. The Labute approximate surface area is 181 Å². The molecule has 1 fully saturated rings. The number of halogens is 3. The fourth-order valence-corrected chi connectivity index (χ4v) is 5.22. The number of nitrogens with zero attached hydrogens (tertiary/aromatic N) is 1. The SMILES string of the molecule is Br.Br.CC(C)N(C)[C@@H]1CC[C@H](N)[C@H](CS(=O)(=O)c2ccc(Br)cc2)C1. The van der Waals surface area contributed by atoms with Crippen molar-refractivity contribution >= 4 is 59.7 Å². The summed E-state index contributed by atoms with van der Waals surface area (Å²) in [6.45, 7) is 4.34. The summed E-state index contributed by atoms with van der Waals surface area (Å²) < 4.78 is 26.2. The Bertz CT molecular complexity index is 623. The highest BCUT2D eigenvalue weighted by Gasteiger charge is 2.34. The lowest BCUT2D eigenvalue weighted by atomic mass is 9.82. The molecule has 1 aromatic rings. The molecule has 3 atom stereocenters. The minimum atomic E-state index is -3.30. The van der Waals surface area contributed by atoms with Crippen molar-refractivity contribution < 1.29 is 8.42 Å². The van der Waals surface area contributed by atoms with Gasteiger partial charge < -0.3 is 10.6 Å². The number of nitrogens with two attached hydrogens (primary N) is 1. The summed E-state index contributed by atoms with van der Waals surface area (Å²) in [5.74, 6) is 0.154. The molecule has 2 N–H and O–H groups in total. The van der Waals surface area contributed by atoms with Crippen molar-refractivity contribution in [1.29, 1.82) is 0 Å². The van der Waals surface area contributed by atoms with Crippen LogP contribution in [-0.4, -0.2) is 44.2 Å². The first-order chi connectivity index (χ1) is 10.7. The lowest BCUT2D eigenvalue weighted by Crippen LogP contribution is -2.48. The van der Waals surface area contributed by atoms with Crippen LogP contribution >= 0.6 is 49.9 Å². The van der Waals surface area contributed by atoms with Crippen LogP contribution in [-0.2, 0) is 9.84 Å². The van der Waals surface area contributed by atoms with Gasteiger partial charge in [-0.1, -0.05) is 15.9 Å². The summed E-state index contributed by atoms with van der Waals surface area (Å²) in [5.41, 5.74) is 6.24. The maximum absolute atomic E-state index is 12.7. The van der Waals surface area contributed by atoms with Crippen LogP contribution in [0.1, 0.15) is 33.1 Å². The molecule has 0 heterocycles. The molecule has 0 aliphatic heterocycles. The molecule has 8 heteroatoms. The summed E-state index contributed by atoms with van der Waals surface area (Å²) in [6.07, 6.45) is 2.79. The van der Waals surface area contributed by atoms with Gasteiger partial charge in [-0.2, -0.15) is 0 Å². The molecule has 146 valence electrons. The molecule has 0 radical (unpaired) electrons. The second kappa shape index (κ2) is 10.8. The van der Waals surface area contributed by atoms with E-state index in [2.05, 4.69) is 41.7 Å². The van der Waals surface area contributed by atoms with E-state index in [1.54, 1.807) is 24.3 Å². The molecule has 0 unspecified atom stereocenters. The molecule has 1 aliphatic carbocycles. The van der Waals surface area contributed by atoms with Crippen LogP contribution in [0.5, 0.6) is 0 Å². The number of sulfone groups is 1. The van der Waals surface area contributed by atoms with Gasteiger partial charge in [0, 0.05) is 22.6 Å². The number of hydrogen-bond donors (Lipinski definition) is 1. The van der Waals surface area contributed by atoms with Gasteiger partial charge in [-0.05, 0) is 70.3 Å². The van der Waals surface area contributed by atoms with Crippen molar-refractivity contribution in [1.82, 2.24) is 4.90 Å². The van der Waals surface area contributed by atoms with Gasteiger partial charge in [-0.3, -0.25) is 0 Å². The molecule has 1 saturated carbocycles. The average Bonchev–Trinajstić information content (AvgIpc) is 2.49. The third-order valence-corrected chi connectivity index (χ3v) is 7.40. The van der Waals surface area contributed by atoms with Crippen molar-refractivity contribution in [3.8, 4) is 0 Å². The first-order valence-corrected chi connectivity index (χ1v) is 10.6. The van der Waals surface area contributed by atoms with E-state index in [0.717, 1.165) is 23.7 Å². The fourth-order valence-electron chi connectivity index (χ4n) is 3.27. The predicted octanol–water partition coefficient (Wildman–Crippen LogP) is 4.21. The summed E-state index contributed by atoms with van der Waals surface area (Å²) in [5, 5.41) is 0. The van der Waals surface area contributed by atoms with Crippen LogP contribution in [0.3, 0.4) is 0 Å². The Kier molecular flexibility index (Phi) is 11.0.